The maximum absolute atomic E-state index is 13.1. The normalized spacial score (nSPS) is 14.5. The molecule has 1 amide bonds. The molecule has 0 saturated heterocycles. The molecule has 4 rings (SSSR count). The first kappa shape index (κ1) is 25.1. The highest BCUT2D eigenvalue weighted by atomic mass is 16.6. The number of aromatic nitrogens is 2. The molecule has 0 bridgehead atoms. The van der Waals surface area contributed by atoms with Crippen molar-refractivity contribution in [3.05, 3.63) is 77.0 Å². The topological polar surface area (TPSA) is 117 Å². The Bertz CT molecular complexity index is 1260. The summed E-state index contributed by atoms with van der Waals surface area (Å²) in [7, 11) is 1.73. The first-order valence-electron chi connectivity index (χ1n) is 11.9. The number of ether oxygens (including phenoxy) is 1. The van der Waals surface area contributed by atoms with Crippen molar-refractivity contribution in [3.63, 3.8) is 0 Å². The van der Waals surface area contributed by atoms with Crippen LogP contribution in [0, 0.1) is 0 Å². The SMILES string of the molecule is CCCN(C)C(=O)c1cnc(Nc2ccc3c(c2)C(C)(C)OC3=O)nc1N[C@H](CO)c1ccccc1. The van der Waals surface area contributed by atoms with Crippen molar-refractivity contribution in [1.82, 2.24) is 14.9 Å². The summed E-state index contributed by atoms with van der Waals surface area (Å²) in [6.45, 7) is 6.07. The van der Waals surface area contributed by atoms with E-state index in [4.69, 9.17) is 4.74 Å². The summed E-state index contributed by atoms with van der Waals surface area (Å²) in [5.74, 6) is 0.00759. The largest absolute Gasteiger partial charge is 0.451 e. The maximum Gasteiger partial charge on any atom is 0.339 e. The summed E-state index contributed by atoms with van der Waals surface area (Å²) in [6.07, 6.45) is 2.30. The van der Waals surface area contributed by atoms with Crippen LogP contribution < -0.4 is 10.6 Å². The number of amides is 1. The van der Waals surface area contributed by atoms with Crippen molar-refractivity contribution in [3.8, 4) is 0 Å². The summed E-state index contributed by atoms with van der Waals surface area (Å²) in [6, 6.07) is 14.3. The first-order valence-corrected chi connectivity index (χ1v) is 11.9. The molecule has 3 N–H and O–H groups in total. The molecule has 2 heterocycles. The van der Waals surface area contributed by atoms with Crippen LogP contribution in [0.15, 0.2) is 54.7 Å². The number of nitrogens with one attached hydrogen (secondary N) is 2. The summed E-state index contributed by atoms with van der Waals surface area (Å²) < 4.78 is 5.45. The van der Waals surface area contributed by atoms with Crippen molar-refractivity contribution in [2.45, 2.75) is 38.8 Å². The Morgan fingerprint density at radius 1 is 1.19 bits per heavy atom. The zero-order chi connectivity index (χ0) is 25.9. The van der Waals surface area contributed by atoms with Gasteiger partial charge in [-0.3, -0.25) is 4.79 Å². The molecule has 0 unspecified atom stereocenters. The molecule has 0 spiro atoms. The van der Waals surface area contributed by atoms with E-state index in [1.165, 1.54) is 6.20 Å². The molecule has 9 nitrogen and oxygen atoms in total. The van der Waals surface area contributed by atoms with E-state index in [2.05, 4.69) is 20.6 Å². The third-order valence-corrected chi connectivity index (χ3v) is 6.11. The van der Waals surface area contributed by atoms with Gasteiger partial charge >= 0.3 is 5.97 Å². The van der Waals surface area contributed by atoms with E-state index >= 15 is 0 Å². The number of aliphatic hydroxyl groups excluding tert-OH is 1. The predicted octanol–water partition coefficient (Wildman–Crippen LogP) is 4.25. The Hall–Kier alpha value is -3.98. The van der Waals surface area contributed by atoms with E-state index in [1.54, 1.807) is 24.1 Å². The second-order valence-electron chi connectivity index (χ2n) is 9.26. The molecule has 36 heavy (non-hydrogen) atoms. The molecule has 2 aromatic carbocycles. The number of rotatable bonds is 9. The van der Waals surface area contributed by atoms with E-state index in [0.29, 0.717) is 29.2 Å². The summed E-state index contributed by atoms with van der Waals surface area (Å²) in [5.41, 5.74) is 2.41. The van der Waals surface area contributed by atoms with Crippen LogP contribution in [0.25, 0.3) is 0 Å². The second kappa shape index (κ2) is 10.3. The van der Waals surface area contributed by atoms with Gasteiger partial charge in [-0.2, -0.15) is 4.98 Å². The number of hydrogen-bond donors (Lipinski definition) is 3. The number of esters is 1. The molecular weight excluding hydrogens is 458 g/mol. The zero-order valence-electron chi connectivity index (χ0n) is 20.9. The lowest BCUT2D eigenvalue weighted by atomic mass is 9.95. The molecule has 0 radical (unpaired) electrons. The highest BCUT2D eigenvalue weighted by Gasteiger charge is 2.37. The van der Waals surface area contributed by atoms with Gasteiger partial charge in [-0.1, -0.05) is 37.3 Å². The quantitative estimate of drug-likeness (QED) is 0.382. The number of carbonyl (C=O) groups is 2. The van der Waals surface area contributed by atoms with Crippen LogP contribution in [-0.4, -0.2) is 52.1 Å². The number of fused-ring (bicyclic) bond motifs is 1. The summed E-state index contributed by atoms with van der Waals surface area (Å²) in [4.78, 5) is 35.8. The minimum absolute atomic E-state index is 0.191. The Balaban J connectivity index is 1.68. The van der Waals surface area contributed by atoms with Crippen molar-refractivity contribution < 1.29 is 19.4 Å². The van der Waals surface area contributed by atoms with E-state index in [1.807, 2.05) is 57.2 Å². The fraction of sp³-hybridized carbons (Fsp3) is 0.333. The lowest BCUT2D eigenvalue weighted by Gasteiger charge is -2.22. The fourth-order valence-electron chi connectivity index (χ4n) is 4.20. The van der Waals surface area contributed by atoms with Crippen LogP contribution in [0.4, 0.5) is 17.5 Å². The molecule has 1 atom stereocenters. The Labute approximate surface area is 210 Å². The van der Waals surface area contributed by atoms with Crippen LogP contribution >= 0.6 is 0 Å². The highest BCUT2D eigenvalue weighted by Crippen LogP contribution is 2.37. The average Bonchev–Trinajstić information content (AvgIpc) is 3.10. The number of carbonyl (C=O) groups excluding carboxylic acids is 2. The van der Waals surface area contributed by atoms with E-state index in [0.717, 1.165) is 17.5 Å². The van der Waals surface area contributed by atoms with Gasteiger partial charge in [-0.15, -0.1) is 0 Å². The number of hydrogen-bond acceptors (Lipinski definition) is 8. The molecular formula is C27H31N5O4. The third-order valence-electron chi connectivity index (χ3n) is 6.11. The molecule has 1 aromatic heterocycles. The number of benzene rings is 2. The zero-order valence-corrected chi connectivity index (χ0v) is 20.9. The molecule has 3 aromatic rings. The van der Waals surface area contributed by atoms with Crippen molar-refractivity contribution in [2.24, 2.45) is 0 Å². The third kappa shape index (κ3) is 5.16. The van der Waals surface area contributed by atoms with Gasteiger partial charge in [0.25, 0.3) is 5.91 Å². The number of aliphatic hydroxyl groups is 1. The second-order valence-corrected chi connectivity index (χ2v) is 9.26. The monoisotopic (exact) mass is 489 g/mol. The van der Waals surface area contributed by atoms with Crippen molar-refractivity contribution in [2.75, 3.05) is 30.8 Å². The first-order chi connectivity index (χ1) is 17.2. The average molecular weight is 490 g/mol. The predicted molar refractivity (Wildman–Crippen MR) is 137 cm³/mol. The van der Waals surface area contributed by atoms with Crippen LogP contribution in [0.2, 0.25) is 0 Å². The number of anilines is 3. The lowest BCUT2D eigenvalue weighted by molar-refractivity contribution is 0.00953. The van der Waals surface area contributed by atoms with Crippen molar-refractivity contribution >= 4 is 29.3 Å². The van der Waals surface area contributed by atoms with Gasteiger partial charge < -0.3 is 25.4 Å². The Morgan fingerprint density at radius 2 is 1.94 bits per heavy atom. The molecule has 0 aliphatic carbocycles. The van der Waals surface area contributed by atoms with Gasteiger partial charge in [0.15, 0.2) is 0 Å². The van der Waals surface area contributed by atoms with Crippen molar-refractivity contribution in [1.29, 1.82) is 0 Å². The van der Waals surface area contributed by atoms with E-state index in [-0.39, 0.29) is 24.4 Å². The molecule has 0 fully saturated rings. The summed E-state index contributed by atoms with van der Waals surface area (Å²) >= 11 is 0. The Kier molecular flexibility index (Phi) is 7.21. The summed E-state index contributed by atoms with van der Waals surface area (Å²) in [5, 5.41) is 16.5. The lowest BCUT2D eigenvalue weighted by Crippen LogP contribution is -2.29. The minimum Gasteiger partial charge on any atom is -0.451 e. The molecule has 0 saturated carbocycles. The minimum atomic E-state index is -0.734. The van der Waals surface area contributed by atoms with Crippen LogP contribution in [-0.2, 0) is 10.3 Å². The number of nitrogens with zero attached hydrogens (tertiary/aromatic N) is 3. The van der Waals surface area contributed by atoms with Gasteiger partial charge in [-0.25, -0.2) is 9.78 Å². The van der Waals surface area contributed by atoms with Gasteiger partial charge in [0.05, 0.1) is 18.2 Å². The molecule has 188 valence electrons. The standard InChI is InChI=1S/C27H31N5O4/c1-5-13-32(4)24(34)20-15-28-26(31-23(20)30-22(16-33)17-9-7-6-8-10-17)29-18-11-12-19-21(14-18)27(2,3)36-25(19)35/h6-12,14-15,22,33H,5,13,16H2,1-4H3,(H2,28,29,30,31)/t22-/m1/s1. The molecule has 1 aliphatic heterocycles. The molecule has 1 aliphatic rings. The van der Waals surface area contributed by atoms with Gasteiger partial charge in [0, 0.05) is 31.0 Å². The maximum atomic E-state index is 13.1. The van der Waals surface area contributed by atoms with Crippen LogP contribution in [0.5, 0.6) is 0 Å². The Morgan fingerprint density at radius 3 is 2.64 bits per heavy atom. The van der Waals surface area contributed by atoms with E-state index in [9.17, 15) is 14.7 Å². The fourth-order valence-corrected chi connectivity index (χ4v) is 4.20. The molecule has 9 heteroatoms. The number of cyclic esters (lactones) is 1. The van der Waals surface area contributed by atoms with Gasteiger partial charge in [0.1, 0.15) is 17.0 Å². The highest BCUT2D eigenvalue weighted by molar-refractivity contribution is 5.98. The van der Waals surface area contributed by atoms with E-state index < -0.39 is 11.6 Å². The van der Waals surface area contributed by atoms with Gasteiger partial charge in [0.2, 0.25) is 5.95 Å². The van der Waals surface area contributed by atoms with Crippen LogP contribution in [0.3, 0.4) is 0 Å². The van der Waals surface area contributed by atoms with Gasteiger partial charge in [-0.05, 0) is 44.0 Å². The smallest absolute Gasteiger partial charge is 0.339 e. The van der Waals surface area contributed by atoms with Crippen LogP contribution in [0.1, 0.15) is 65.1 Å².